The topological polar surface area (TPSA) is 72.8 Å². The Balaban J connectivity index is 2.23. The van der Waals surface area contributed by atoms with Crippen molar-refractivity contribution in [2.75, 3.05) is 0 Å². The number of hydrogen-bond acceptors (Lipinski definition) is 5. The summed E-state index contributed by atoms with van der Waals surface area (Å²) in [7, 11) is 0. The molecule has 0 spiro atoms. The van der Waals surface area contributed by atoms with Crippen molar-refractivity contribution in [3.05, 3.63) is 71.3 Å². The molecule has 1 aliphatic rings. The smallest absolute Gasteiger partial charge is 0.216 e. The number of rotatable bonds is 2. The van der Waals surface area contributed by atoms with Crippen molar-refractivity contribution in [1.29, 1.82) is 5.26 Å². The second-order valence-electron chi connectivity index (χ2n) is 5.66. The van der Waals surface area contributed by atoms with Gasteiger partial charge >= 0.3 is 0 Å². The van der Waals surface area contributed by atoms with Crippen LogP contribution >= 0.6 is 0 Å². The Kier molecular flexibility index (Phi) is 3.99. The van der Waals surface area contributed by atoms with Crippen molar-refractivity contribution >= 4 is 12.6 Å². The third kappa shape index (κ3) is 2.77. The first-order chi connectivity index (χ1) is 11.0. The zero-order valence-corrected chi connectivity index (χ0v) is 13.4. The lowest BCUT2D eigenvalue weighted by Crippen LogP contribution is -2.63. The first kappa shape index (κ1) is 15.4. The van der Waals surface area contributed by atoms with Crippen molar-refractivity contribution in [2.24, 2.45) is 0 Å². The average molecular weight is 324 g/mol. The quantitative estimate of drug-likeness (QED) is 0.643. The van der Waals surface area contributed by atoms with Gasteiger partial charge in [-0.2, -0.15) is 9.83 Å². The van der Waals surface area contributed by atoms with Gasteiger partial charge in [0.05, 0.1) is 12.0 Å². The molecular formula is C17H16N4OS. The number of aromatic nitrogens is 2. The molecule has 23 heavy (non-hydrogen) atoms. The fourth-order valence-electron chi connectivity index (χ4n) is 3.08. The van der Waals surface area contributed by atoms with Crippen molar-refractivity contribution in [2.45, 2.75) is 24.6 Å². The minimum Gasteiger partial charge on any atom is -0.762 e. The van der Waals surface area contributed by atoms with E-state index in [1.807, 2.05) is 47.3 Å². The van der Waals surface area contributed by atoms with Crippen LogP contribution in [0.3, 0.4) is 0 Å². The summed E-state index contributed by atoms with van der Waals surface area (Å²) in [5.41, 5.74) is -0.0281. The van der Waals surface area contributed by atoms with Crippen LogP contribution in [-0.2, 0) is 12.6 Å². The van der Waals surface area contributed by atoms with E-state index in [-0.39, 0.29) is 10.9 Å². The summed E-state index contributed by atoms with van der Waals surface area (Å²) < 4.78 is 1.89. The maximum absolute atomic E-state index is 10.9. The summed E-state index contributed by atoms with van der Waals surface area (Å²) in [6.07, 6.45) is 7.13. The molecule has 3 atom stereocenters. The number of allylic oxidation sites excluding steroid dienone is 1. The van der Waals surface area contributed by atoms with Gasteiger partial charge in [0.2, 0.25) is 6.04 Å². The highest BCUT2D eigenvalue weighted by Crippen LogP contribution is 2.41. The van der Waals surface area contributed by atoms with Gasteiger partial charge in [-0.1, -0.05) is 17.2 Å². The number of nitrogens with zero attached hydrogens (tertiary/aromatic N) is 3. The number of pyridine rings is 2. The Morgan fingerprint density at radius 3 is 2.70 bits per heavy atom. The molecule has 3 rings (SSSR count). The van der Waals surface area contributed by atoms with E-state index < -0.39 is 11.8 Å². The standard InChI is InChI=1S/C17H16N4OS/c1-17(22)15(21-8-3-2-4-9-21)14(12-6-5-7-19-11-12)13(10-18)16(23)20-17/h2-9,11,14-15,20,22H,1H3. The van der Waals surface area contributed by atoms with Gasteiger partial charge in [0.25, 0.3) is 0 Å². The number of hydrogen-bond donors (Lipinski definition) is 2. The predicted molar refractivity (Wildman–Crippen MR) is 86.4 cm³/mol. The van der Waals surface area contributed by atoms with Crippen LogP contribution in [0.2, 0.25) is 0 Å². The summed E-state index contributed by atoms with van der Waals surface area (Å²) in [5, 5.41) is 23.7. The molecule has 2 N–H and O–H groups in total. The van der Waals surface area contributed by atoms with E-state index in [0.29, 0.717) is 5.57 Å². The predicted octanol–water partition coefficient (Wildman–Crippen LogP) is 1.29. The van der Waals surface area contributed by atoms with Crippen LogP contribution in [0.1, 0.15) is 24.4 Å². The second-order valence-corrected chi connectivity index (χ2v) is 6.07. The Morgan fingerprint density at radius 1 is 1.35 bits per heavy atom. The van der Waals surface area contributed by atoms with Gasteiger partial charge in [0, 0.05) is 30.1 Å². The Morgan fingerprint density at radius 2 is 2.09 bits per heavy atom. The normalized spacial score (nSPS) is 27.2. The Labute approximate surface area is 140 Å². The highest BCUT2D eigenvalue weighted by molar-refractivity contribution is 7.63. The van der Waals surface area contributed by atoms with Gasteiger partial charge in [-0.25, -0.2) is 0 Å². The van der Waals surface area contributed by atoms with E-state index in [1.54, 1.807) is 19.3 Å². The number of nitrogens with one attached hydrogen (secondary N) is 1. The van der Waals surface area contributed by atoms with E-state index in [1.165, 1.54) is 0 Å². The molecule has 2 aromatic rings. The van der Waals surface area contributed by atoms with Crippen molar-refractivity contribution < 1.29 is 9.67 Å². The second kappa shape index (κ2) is 5.95. The molecule has 5 nitrogen and oxygen atoms in total. The lowest BCUT2D eigenvalue weighted by atomic mass is 9.79. The van der Waals surface area contributed by atoms with Gasteiger partial charge in [-0.15, -0.1) is 0 Å². The van der Waals surface area contributed by atoms with Gasteiger partial charge in [-0.3, -0.25) is 4.98 Å². The molecule has 116 valence electrons. The average Bonchev–Trinajstić information content (AvgIpc) is 2.55. The first-order valence-electron chi connectivity index (χ1n) is 7.22. The fraction of sp³-hybridized carbons (Fsp3) is 0.235. The monoisotopic (exact) mass is 324 g/mol. The molecule has 6 heteroatoms. The van der Waals surface area contributed by atoms with Gasteiger partial charge in [0.15, 0.2) is 18.1 Å². The van der Waals surface area contributed by atoms with Crippen LogP contribution < -0.4 is 9.88 Å². The van der Waals surface area contributed by atoms with Crippen LogP contribution in [-0.4, -0.2) is 15.8 Å². The van der Waals surface area contributed by atoms with Crippen LogP contribution in [0.25, 0.3) is 0 Å². The van der Waals surface area contributed by atoms with E-state index >= 15 is 0 Å². The SMILES string of the molecule is CC1(O)NC([S-])=C(C#N)C(c2cccnc2)C1[n+]1ccccc1. The van der Waals surface area contributed by atoms with Crippen molar-refractivity contribution in [3.8, 4) is 6.07 Å². The highest BCUT2D eigenvalue weighted by atomic mass is 32.1. The van der Waals surface area contributed by atoms with Crippen molar-refractivity contribution in [3.63, 3.8) is 0 Å². The molecule has 1 aliphatic heterocycles. The molecule has 3 heterocycles. The summed E-state index contributed by atoms with van der Waals surface area (Å²) in [6, 6.07) is 11.2. The third-order valence-electron chi connectivity index (χ3n) is 4.04. The fourth-order valence-corrected chi connectivity index (χ4v) is 3.46. The zero-order valence-electron chi connectivity index (χ0n) is 12.5. The van der Waals surface area contributed by atoms with Crippen LogP contribution in [0, 0.1) is 11.3 Å². The molecule has 0 aromatic carbocycles. The van der Waals surface area contributed by atoms with E-state index in [0.717, 1.165) is 5.56 Å². The molecular weight excluding hydrogens is 308 g/mol. The number of aliphatic hydroxyl groups is 1. The van der Waals surface area contributed by atoms with Crippen LogP contribution in [0.15, 0.2) is 65.7 Å². The van der Waals surface area contributed by atoms with Crippen molar-refractivity contribution in [1.82, 2.24) is 10.3 Å². The summed E-state index contributed by atoms with van der Waals surface area (Å²) in [4.78, 5) is 4.15. The molecule has 0 aliphatic carbocycles. The zero-order chi connectivity index (χ0) is 16.4. The molecule has 0 bridgehead atoms. The minimum absolute atomic E-state index is 0.277. The lowest BCUT2D eigenvalue weighted by Gasteiger charge is -2.43. The minimum atomic E-state index is -1.30. The maximum atomic E-state index is 10.9. The van der Waals surface area contributed by atoms with E-state index in [4.69, 9.17) is 12.6 Å². The van der Waals surface area contributed by atoms with Crippen LogP contribution in [0.4, 0.5) is 0 Å². The molecule has 0 saturated carbocycles. The van der Waals surface area contributed by atoms with E-state index in [9.17, 15) is 10.4 Å². The lowest BCUT2D eigenvalue weighted by molar-refractivity contribution is -0.741. The molecule has 3 unspecified atom stereocenters. The van der Waals surface area contributed by atoms with Gasteiger partial charge in [-0.05, 0) is 18.6 Å². The molecule has 0 saturated heterocycles. The van der Waals surface area contributed by atoms with E-state index in [2.05, 4.69) is 16.4 Å². The summed E-state index contributed by atoms with van der Waals surface area (Å²) in [6.45, 7) is 1.67. The summed E-state index contributed by atoms with van der Waals surface area (Å²) in [5.74, 6) is -0.384. The molecule has 0 fully saturated rings. The van der Waals surface area contributed by atoms with Gasteiger partial charge < -0.3 is 23.1 Å². The third-order valence-corrected chi connectivity index (χ3v) is 4.36. The molecule has 0 radical (unpaired) electrons. The largest absolute Gasteiger partial charge is 0.762 e. The van der Waals surface area contributed by atoms with Crippen LogP contribution in [0.5, 0.6) is 0 Å². The summed E-state index contributed by atoms with van der Waals surface area (Å²) >= 11 is 5.29. The number of nitriles is 1. The van der Waals surface area contributed by atoms with Gasteiger partial charge in [0.1, 0.15) is 0 Å². The Bertz CT molecular complexity index is 768. The maximum Gasteiger partial charge on any atom is 0.216 e. The molecule has 2 aromatic heterocycles. The Hall–Kier alpha value is -2.49. The first-order valence-corrected chi connectivity index (χ1v) is 7.63. The highest BCUT2D eigenvalue weighted by Gasteiger charge is 2.50. The molecule has 0 amide bonds.